The fourth-order valence-corrected chi connectivity index (χ4v) is 3.12. The summed E-state index contributed by atoms with van der Waals surface area (Å²) in [6.45, 7) is 8.04. The molecule has 0 aromatic heterocycles. The molecule has 1 fully saturated rings. The third-order valence-electron chi connectivity index (χ3n) is 4.51. The Morgan fingerprint density at radius 2 is 2.00 bits per heavy atom. The molecule has 1 aliphatic heterocycles. The summed E-state index contributed by atoms with van der Waals surface area (Å²) < 4.78 is 11.0. The lowest BCUT2D eigenvalue weighted by molar-refractivity contribution is 0.108. The van der Waals surface area contributed by atoms with Crippen molar-refractivity contribution in [2.75, 3.05) is 39.9 Å². The van der Waals surface area contributed by atoms with Crippen LogP contribution in [0, 0.1) is 0 Å². The highest BCUT2D eigenvalue weighted by molar-refractivity contribution is 14.0. The molecule has 27 heavy (non-hydrogen) atoms. The van der Waals surface area contributed by atoms with E-state index in [0.29, 0.717) is 6.61 Å². The number of halogens is 1. The van der Waals surface area contributed by atoms with E-state index >= 15 is 0 Å². The van der Waals surface area contributed by atoms with Crippen molar-refractivity contribution in [2.24, 2.45) is 4.99 Å². The Bertz CT molecular complexity index is 576. The Hall–Kier alpha value is -1.22. The van der Waals surface area contributed by atoms with Crippen molar-refractivity contribution in [1.82, 2.24) is 10.2 Å². The van der Waals surface area contributed by atoms with Crippen molar-refractivity contribution in [3.05, 3.63) is 23.8 Å². The highest BCUT2D eigenvalue weighted by atomic mass is 127. The van der Waals surface area contributed by atoms with Gasteiger partial charge in [0.2, 0.25) is 0 Å². The van der Waals surface area contributed by atoms with Crippen LogP contribution in [0.3, 0.4) is 0 Å². The Kier molecular flexibility index (Phi) is 11.5. The topological polar surface area (TPSA) is 66.3 Å². The number of aliphatic imine (C=N–C) groups is 1. The van der Waals surface area contributed by atoms with Gasteiger partial charge in [0.05, 0.1) is 19.8 Å². The summed E-state index contributed by atoms with van der Waals surface area (Å²) in [5, 5.41) is 13.0. The van der Waals surface area contributed by atoms with Crippen molar-refractivity contribution in [3.63, 3.8) is 0 Å². The molecule has 2 N–H and O–H groups in total. The SMILES string of the molecule is CCNC(=NCCCc1ccc(OC)c(OCC)c1)N1CCC(O)CC1.I. The van der Waals surface area contributed by atoms with Crippen LogP contribution in [0.25, 0.3) is 0 Å². The monoisotopic (exact) mass is 491 g/mol. The third-order valence-corrected chi connectivity index (χ3v) is 4.51. The number of rotatable bonds is 8. The highest BCUT2D eigenvalue weighted by Crippen LogP contribution is 2.28. The Morgan fingerprint density at radius 1 is 1.26 bits per heavy atom. The number of piperidine rings is 1. The Morgan fingerprint density at radius 3 is 2.63 bits per heavy atom. The van der Waals surface area contributed by atoms with Gasteiger partial charge in [0.25, 0.3) is 0 Å². The van der Waals surface area contributed by atoms with E-state index in [4.69, 9.17) is 14.5 Å². The van der Waals surface area contributed by atoms with Crippen molar-refractivity contribution < 1.29 is 14.6 Å². The van der Waals surface area contributed by atoms with Gasteiger partial charge in [-0.25, -0.2) is 0 Å². The maximum absolute atomic E-state index is 9.67. The number of hydrogen-bond donors (Lipinski definition) is 2. The first-order valence-corrected chi connectivity index (χ1v) is 9.69. The van der Waals surface area contributed by atoms with Gasteiger partial charge >= 0.3 is 0 Å². The van der Waals surface area contributed by atoms with Crippen molar-refractivity contribution in [2.45, 2.75) is 45.6 Å². The lowest BCUT2D eigenvalue weighted by Gasteiger charge is -2.32. The minimum atomic E-state index is -0.163. The summed E-state index contributed by atoms with van der Waals surface area (Å²) in [5.74, 6) is 2.54. The summed E-state index contributed by atoms with van der Waals surface area (Å²) in [7, 11) is 1.66. The number of likely N-dealkylation sites (tertiary alicyclic amines) is 1. The molecule has 1 aromatic rings. The van der Waals surface area contributed by atoms with E-state index in [0.717, 1.165) is 69.3 Å². The van der Waals surface area contributed by atoms with Crippen molar-refractivity contribution >= 4 is 29.9 Å². The lowest BCUT2D eigenvalue weighted by Crippen LogP contribution is -2.46. The summed E-state index contributed by atoms with van der Waals surface area (Å²) >= 11 is 0. The van der Waals surface area contributed by atoms with Gasteiger partial charge in [0.1, 0.15) is 0 Å². The van der Waals surface area contributed by atoms with Crippen LogP contribution in [0.5, 0.6) is 11.5 Å². The van der Waals surface area contributed by atoms with E-state index in [2.05, 4.69) is 29.3 Å². The van der Waals surface area contributed by atoms with Crippen LogP contribution >= 0.6 is 24.0 Å². The van der Waals surface area contributed by atoms with Crippen LogP contribution in [-0.2, 0) is 6.42 Å². The first-order valence-electron chi connectivity index (χ1n) is 9.69. The fraction of sp³-hybridized carbons (Fsp3) is 0.650. The molecule has 0 spiro atoms. The number of nitrogens with zero attached hydrogens (tertiary/aromatic N) is 2. The zero-order chi connectivity index (χ0) is 18.8. The molecule has 0 aliphatic carbocycles. The van der Waals surface area contributed by atoms with Gasteiger partial charge < -0.3 is 24.8 Å². The second-order valence-corrected chi connectivity index (χ2v) is 6.48. The number of ether oxygens (including phenoxy) is 2. The third kappa shape index (κ3) is 7.73. The molecule has 1 aliphatic rings. The molecule has 1 heterocycles. The van der Waals surface area contributed by atoms with E-state index in [1.807, 2.05) is 13.0 Å². The molecular weight excluding hydrogens is 457 g/mol. The number of guanidine groups is 1. The van der Waals surface area contributed by atoms with Crippen LogP contribution in [0.4, 0.5) is 0 Å². The number of aliphatic hydroxyl groups is 1. The summed E-state index contributed by atoms with van der Waals surface area (Å²) in [4.78, 5) is 7.01. The molecule has 1 saturated heterocycles. The number of aliphatic hydroxyl groups excluding tert-OH is 1. The first-order chi connectivity index (χ1) is 12.7. The average molecular weight is 491 g/mol. The number of aryl methyl sites for hydroxylation is 1. The number of hydrogen-bond acceptors (Lipinski definition) is 4. The van der Waals surface area contributed by atoms with Crippen LogP contribution in [0.15, 0.2) is 23.2 Å². The molecule has 0 saturated carbocycles. The van der Waals surface area contributed by atoms with E-state index in [1.165, 1.54) is 5.56 Å². The highest BCUT2D eigenvalue weighted by Gasteiger charge is 2.19. The summed E-state index contributed by atoms with van der Waals surface area (Å²) in [5.41, 5.74) is 1.23. The molecule has 154 valence electrons. The van der Waals surface area contributed by atoms with Crippen molar-refractivity contribution in [1.29, 1.82) is 0 Å². The van der Waals surface area contributed by atoms with Crippen molar-refractivity contribution in [3.8, 4) is 11.5 Å². The lowest BCUT2D eigenvalue weighted by atomic mass is 10.1. The minimum absolute atomic E-state index is 0. The van der Waals surface area contributed by atoms with Gasteiger partial charge in [0.15, 0.2) is 17.5 Å². The molecule has 0 bridgehead atoms. The molecular formula is C20H34IN3O3. The molecule has 0 radical (unpaired) electrons. The average Bonchev–Trinajstić information content (AvgIpc) is 2.65. The molecule has 0 unspecified atom stereocenters. The van der Waals surface area contributed by atoms with E-state index < -0.39 is 0 Å². The maximum Gasteiger partial charge on any atom is 0.193 e. The van der Waals surface area contributed by atoms with Gasteiger partial charge in [-0.2, -0.15) is 0 Å². The van der Waals surface area contributed by atoms with Gasteiger partial charge in [-0.1, -0.05) is 6.07 Å². The van der Waals surface area contributed by atoms with Crippen LogP contribution < -0.4 is 14.8 Å². The second-order valence-electron chi connectivity index (χ2n) is 6.48. The first kappa shape index (κ1) is 23.8. The Labute approximate surface area is 180 Å². The minimum Gasteiger partial charge on any atom is -0.493 e. The van der Waals surface area contributed by atoms with Gasteiger partial charge in [0, 0.05) is 26.2 Å². The van der Waals surface area contributed by atoms with Crippen LogP contribution in [0.2, 0.25) is 0 Å². The zero-order valence-electron chi connectivity index (χ0n) is 16.7. The van der Waals surface area contributed by atoms with E-state index in [1.54, 1.807) is 7.11 Å². The molecule has 6 nitrogen and oxygen atoms in total. The molecule has 0 amide bonds. The van der Waals surface area contributed by atoms with E-state index in [-0.39, 0.29) is 30.1 Å². The number of methoxy groups -OCH3 is 1. The zero-order valence-corrected chi connectivity index (χ0v) is 19.1. The predicted octanol–water partition coefficient (Wildman–Crippen LogP) is 3.07. The van der Waals surface area contributed by atoms with Crippen LogP contribution in [-0.4, -0.2) is 62.0 Å². The fourth-order valence-electron chi connectivity index (χ4n) is 3.12. The van der Waals surface area contributed by atoms with Gasteiger partial charge in [-0.15, -0.1) is 24.0 Å². The largest absolute Gasteiger partial charge is 0.493 e. The Balaban J connectivity index is 0.00000364. The molecule has 2 rings (SSSR count). The van der Waals surface area contributed by atoms with Crippen LogP contribution in [0.1, 0.15) is 38.7 Å². The summed E-state index contributed by atoms with van der Waals surface area (Å²) in [6, 6.07) is 6.11. The summed E-state index contributed by atoms with van der Waals surface area (Å²) in [6.07, 6.45) is 3.39. The predicted molar refractivity (Wildman–Crippen MR) is 121 cm³/mol. The molecule has 1 aromatic carbocycles. The standard InChI is InChI=1S/C20H33N3O3.HI/c1-4-21-20(23-13-10-17(24)11-14-23)22-12-6-7-16-8-9-18(25-3)19(15-16)26-5-2;/h8-9,15,17,24H,4-7,10-14H2,1-3H3,(H,21,22);1H. The normalized spacial score (nSPS) is 15.3. The number of nitrogens with one attached hydrogen (secondary N) is 1. The van der Waals surface area contributed by atoms with Gasteiger partial charge in [-0.3, -0.25) is 4.99 Å². The van der Waals surface area contributed by atoms with E-state index in [9.17, 15) is 5.11 Å². The smallest absolute Gasteiger partial charge is 0.193 e. The van der Waals surface area contributed by atoms with Gasteiger partial charge in [-0.05, 0) is 57.2 Å². The molecule has 7 heteroatoms. The number of benzene rings is 1. The maximum atomic E-state index is 9.67. The second kappa shape index (κ2) is 13.0. The quantitative estimate of drug-likeness (QED) is 0.253. The molecule has 0 atom stereocenters.